The van der Waals surface area contributed by atoms with Crippen LogP contribution in [-0.2, 0) is 10.0 Å². The number of rotatable bonds is 2. The van der Waals surface area contributed by atoms with Gasteiger partial charge in [0.15, 0.2) is 0 Å². The Kier molecular flexibility index (Phi) is 3.09. The maximum atomic E-state index is 11.4. The largest absolute Gasteiger partial charge is 0.327 e. The van der Waals surface area contributed by atoms with Crippen molar-refractivity contribution >= 4 is 10.0 Å². The maximum absolute atomic E-state index is 11.4. The lowest BCUT2D eigenvalue weighted by molar-refractivity contribution is 0.316. The predicted molar refractivity (Wildman–Crippen MR) is 48.2 cm³/mol. The number of sulfonamides is 1. The fourth-order valence-electron chi connectivity index (χ4n) is 1.41. The lowest BCUT2D eigenvalue weighted by Crippen LogP contribution is -2.46. The van der Waals surface area contributed by atoms with Gasteiger partial charge in [-0.1, -0.05) is 0 Å². The molecular formula is C7H16N2O2S. The van der Waals surface area contributed by atoms with Crippen LogP contribution in [0.1, 0.15) is 19.8 Å². The summed E-state index contributed by atoms with van der Waals surface area (Å²) in [5.41, 5.74) is 5.67. The molecule has 0 aliphatic carbocycles. The van der Waals surface area contributed by atoms with Crippen molar-refractivity contribution in [2.45, 2.75) is 25.8 Å². The summed E-state index contributed by atoms with van der Waals surface area (Å²) in [6, 6.07) is 0.0278. The first-order valence-electron chi connectivity index (χ1n) is 4.29. The van der Waals surface area contributed by atoms with Crippen LogP contribution < -0.4 is 5.73 Å². The molecule has 0 amide bonds. The number of nitrogens with zero attached hydrogens (tertiary/aromatic N) is 1. The number of piperidine rings is 1. The number of hydrogen-bond acceptors (Lipinski definition) is 3. The molecule has 1 aliphatic heterocycles. The van der Waals surface area contributed by atoms with E-state index in [4.69, 9.17) is 5.73 Å². The lowest BCUT2D eigenvalue weighted by Gasteiger charge is -2.29. The molecule has 0 aromatic carbocycles. The molecule has 1 heterocycles. The van der Waals surface area contributed by atoms with Crippen molar-refractivity contribution in [2.75, 3.05) is 18.8 Å². The van der Waals surface area contributed by atoms with Gasteiger partial charge in [0.2, 0.25) is 10.0 Å². The van der Waals surface area contributed by atoms with E-state index in [0.29, 0.717) is 13.1 Å². The van der Waals surface area contributed by atoms with Crippen LogP contribution in [-0.4, -0.2) is 37.6 Å². The average Bonchev–Trinajstić information content (AvgIpc) is 2.05. The van der Waals surface area contributed by atoms with E-state index in [1.165, 1.54) is 4.31 Å². The highest BCUT2D eigenvalue weighted by atomic mass is 32.2. The zero-order chi connectivity index (χ0) is 9.19. The average molecular weight is 192 g/mol. The Morgan fingerprint density at radius 1 is 1.58 bits per heavy atom. The van der Waals surface area contributed by atoms with Gasteiger partial charge in [-0.2, -0.15) is 0 Å². The molecule has 1 unspecified atom stereocenters. The zero-order valence-corrected chi connectivity index (χ0v) is 8.18. The third-order valence-corrected chi connectivity index (χ3v) is 4.03. The molecule has 0 saturated carbocycles. The monoisotopic (exact) mass is 192 g/mol. The Labute approximate surface area is 73.8 Å². The third kappa shape index (κ3) is 2.18. The second-order valence-corrected chi connectivity index (χ2v) is 5.42. The van der Waals surface area contributed by atoms with E-state index in [1.807, 2.05) is 0 Å². The summed E-state index contributed by atoms with van der Waals surface area (Å²) in [6.07, 6.45) is 1.83. The Bertz CT molecular complexity index is 238. The summed E-state index contributed by atoms with van der Waals surface area (Å²) in [5, 5.41) is 0. The molecule has 0 spiro atoms. The van der Waals surface area contributed by atoms with Crippen molar-refractivity contribution in [1.29, 1.82) is 0 Å². The molecule has 4 nitrogen and oxygen atoms in total. The van der Waals surface area contributed by atoms with Crippen molar-refractivity contribution in [2.24, 2.45) is 5.73 Å². The second kappa shape index (κ2) is 3.72. The summed E-state index contributed by atoms with van der Waals surface area (Å²) in [6.45, 7) is 2.80. The van der Waals surface area contributed by atoms with Gasteiger partial charge >= 0.3 is 0 Å². The molecule has 0 aromatic heterocycles. The van der Waals surface area contributed by atoms with Crippen molar-refractivity contribution in [3.63, 3.8) is 0 Å². The first kappa shape index (κ1) is 9.95. The summed E-state index contributed by atoms with van der Waals surface area (Å²) < 4.78 is 24.2. The third-order valence-electron chi connectivity index (χ3n) is 2.18. The van der Waals surface area contributed by atoms with Crippen LogP contribution >= 0.6 is 0 Å². The fraction of sp³-hybridized carbons (Fsp3) is 1.00. The van der Waals surface area contributed by atoms with E-state index >= 15 is 0 Å². The topological polar surface area (TPSA) is 63.4 Å². The standard InChI is InChI=1S/C7H16N2O2S/c1-2-12(10,11)9-5-3-4-7(8)6-9/h7H,2-6,8H2,1H3. The lowest BCUT2D eigenvalue weighted by atomic mass is 10.1. The minimum atomic E-state index is -3.00. The van der Waals surface area contributed by atoms with E-state index in [2.05, 4.69) is 0 Å². The van der Waals surface area contributed by atoms with Gasteiger partial charge in [-0.15, -0.1) is 0 Å². The Hall–Kier alpha value is -0.130. The van der Waals surface area contributed by atoms with Gasteiger partial charge in [-0.05, 0) is 19.8 Å². The summed E-state index contributed by atoms with van der Waals surface area (Å²) in [4.78, 5) is 0. The van der Waals surface area contributed by atoms with E-state index in [1.54, 1.807) is 6.92 Å². The van der Waals surface area contributed by atoms with E-state index in [0.717, 1.165) is 12.8 Å². The predicted octanol–water partition coefficient (Wildman–Crippen LogP) is -0.241. The van der Waals surface area contributed by atoms with Crippen molar-refractivity contribution in [1.82, 2.24) is 4.31 Å². The van der Waals surface area contributed by atoms with Crippen LogP contribution in [0.25, 0.3) is 0 Å². The molecule has 0 radical (unpaired) electrons. The van der Waals surface area contributed by atoms with Crippen LogP contribution in [0.2, 0.25) is 0 Å². The molecule has 12 heavy (non-hydrogen) atoms. The van der Waals surface area contributed by atoms with Gasteiger partial charge in [-0.25, -0.2) is 12.7 Å². The molecule has 1 fully saturated rings. The highest BCUT2D eigenvalue weighted by Crippen LogP contribution is 2.12. The number of hydrogen-bond donors (Lipinski definition) is 1. The van der Waals surface area contributed by atoms with Crippen molar-refractivity contribution < 1.29 is 8.42 Å². The van der Waals surface area contributed by atoms with Gasteiger partial charge in [0.05, 0.1) is 5.75 Å². The molecule has 5 heteroatoms. The normalized spacial score (nSPS) is 27.3. The highest BCUT2D eigenvalue weighted by molar-refractivity contribution is 7.89. The Morgan fingerprint density at radius 3 is 2.75 bits per heavy atom. The van der Waals surface area contributed by atoms with Gasteiger partial charge in [0, 0.05) is 19.1 Å². The minimum Gasteiger partial charge on any atom is -0.327 e. The molecule has 0 bridgehead atoms. The molecule has 1 rings (SSSR count). The van der Waals surface area contributed by atoms with Crippen molar-refractivity contribution in [3.05, 3.63) is 0 Å². The summed E-state index contributed by atoms with van der Waals surface area (Å²) in [7, 11) is -3.00. The van der Waals surface area contributed by atoms with Gasteiger partial charge < -0.3 is 5.73 Å². The highest BCUT2D eigenvalue weighted by Gasteiger charge is 2.25. The van der Waals surface area contributed by atoms with Gasteiger partial charge in [0.1, 0.15) is 0 Å². The van der Waals surface area contributed by atoms with E-state index < -0.39 is 10.0 Å². The molecular weight excluding hydrogens is 176 g/mol. The smallest absolute Gasteiger partial charge is 0.213 e. The molecule has 1 atom stereocenters. The van der Waals surface area contributed by atoms with Gasteiger partial charge in [0.25, 0.3) is 0 Å². The Balaban J connectivity index is 2.63. The SMILES string of the molecule is CCS(=O)(=O)N1CCCC(N)C1. The molecule has 0 aromatic rings. The Morgan fingerprint density at radius 2 is 2.25 bits per heavy atom. The maximum Gasteiger partial charge on any atom is 0.213 e. The van der Waals surface area contributed by atoms with E-state index in [-0.39, 0.29) is 11.8 Å². The van der Waals surface area contributed by atoms with Crippen LogP contribution in [0, 0.1) is 0 Å². The zero-order valence-electron chi connectivity index (χ0n) is 7.36. The molecule has 1 aliphatic rings. The molecule has 72 valence electrons. The van der Waals surface area contributed by atoms with Crippen LogP contribution in [0.4, 0.5) is 0 Å². The number of nitrogens with two attached hydrogens (primary N) is 1. The second-order valence-electron chi connectivity index (χ2n) is 3.16. The molecule has 2 N–H and O–H groups in total. The van der Waals surface area contributed by atoms with E-state index in [9.17, 15) is 8.42 Å². The first-order valence-corrected chi connectivity index (χ1v) is 5.90. The fourth-order valence-corrected chi connectivity index (χ4v) is 2.60. The quantitative estimate of drug-likeness (QED) is 0.656. The van der Waals surface area contributed by atoms with Crippen LogP contribution in [0.5, 0.6) is 0 Å². The van der Waals surface area contributed by atoms with Crippen LogP contribution in [0.3, 0.4) is 0 Å². The first-order chi connectivity index (χ1) is 5.56. The minimum absolute atomic E-state index is 0.0278. The van der Waals surface area contributed by atoms with Gasteiger partial charge in [-0.3, -0.25) is 0 Å². The van der Waals surface area contributed by atoms with Crippen molar-refractivity contribution in [3.8, 4) is 0 Å². The van der Waals surface area contributed by atoms with Crippen LogP contribution in [0.15, 0.2) is 0 Å². The summed E-state index contributed by atoms with van der Waals surface area (Å²) in [5.74, 6) is 0.180. The molecule has 1 saturated heterocycles. The summed E-state index contributed by atoms with van der Waals surface area (Å²) >= 11 is 0.